The minimum Gasteiger partial charge on any atom is -0.384 e. The number of nitrogen functional groups attached to an aromatic ring is 1. The van der Waals surface area contributed by atoms with Crippen molar-refractivity contribution >= 4 is 46.2 Å². The quantitative estimate of drug-likeness (QED) is 0.384. The normalized spacial score (nSPS) is 14.5. The molecule has 0 radical (unpaired) electrons. The van der Waals surface area contributed by atoms with Gasteiger partial charge in [0.25, 0.3) is 11.5 Å². The molecule has 0 atom stereocenters. The zero-order valence-corrected chi connectivity index (χ0v) is 22.7. The number of rotatable bonds is 6. The smallest absolute Gasteiger partial charge is 0.332 e. The van der Waals surface area contributed by atoms with Crippen molar-refractivity contribution in [2.45, 2.75) is 26.7 Å². The van der Waals surface area contributed by atoms with Gasteiger partial charge in [0.15, 0.2) is 11.0 Å². The summed E-state index contributed by atoms with van der Waals surface area (Å²) in [5.41, 5.74) is 8.18. The van der Waals surface area contributed by atoms with Crippen LogP contribution in [0.5, 0.6) is 0 Å². The van der Waals surface area contributed by atoms with Crippen molar-refractivity contribution in [1.82, 2.24) is 9.13 Å². The molecule has 2 heterocycles. The minimum atomic E-state index is -0.763. The number of thioether (sulfide) groups is 1. The molecule has 196 valence electrons. The number of carbonyl (C=O) groups excluding carboxylic acids is 2. The highest BCUT2D eigenvalue weighted by molar-refractivity contribution is 8.14. The number of anilines is 2. The van der Waals surface area contributed by atoms with E-state index in [1.165, 1.54) is 24.6 Å². The zero-order valence-electron chi connectivity index (χ0n) is 21.9. The van der Waals surface area contributed by atoms with Crippen LogP contribution in [0.4, 0.5) is 11.5 Å². The third kappa shape index (κ3) is 5.12. The van der Waals surface area contributed by atoms with Crippen molar-refractivity contribution < 1.29 is 9.59 Å². The van der Waals surface area contributed by atoms with E-state index in [1.807, 2.05) is 55.5 Å². The number of aromatic nitrogens is 2. The fourth-order valence-electron chi connectivity index (χ4n) is 3.97. The number of Topliss-reactive ketones (excluding diaryl/α,β-unsaturated/α-hetero) is 1. The van der Waals surface area contributed by atoms with Gasteiger partial charge in [-0.25, -0.2) is 9.79 Å². The fraction of sp³-hybridized carbons (Fsp3) is 0.250. The van der Waals surface area contributed by atoms with E-state index in [2.05, 4.69) is 18.8 Å². The summed E-state index contributed by atoms with van der Waals surface area (Å²) in [5, 5.41) is 0.303. The second kappa shape index (κ2) is 10.7. The molecule has 3 aromatic rings. The molecule has 4 rings (SSSR count). The Bertz CT molecular complexity index is 1600. The monoisotopic (exact) mass is 531 g/mol. The molecule has 0 unspecified atom stereocenters. The van der Waals surface area contributed by atoms with Crippen molar-refractivity contribution in [3.8, 4) is 0 Å². The molecule has 0 saturated heterocycles. The summed E-state index contributed by atoms with van der Waals surface area (Å²) >= 11 is 1.03. The number of nitrogens with zero attached hydrogens (tertiary/aromatic N) is 4. The van der Waals surface area contributed by atoms with Crippen molar-refractivity contribution in [3.05, 3.63) is 97.3 Å². The molecule has 0 bridgehead atoms. The molecule has 1 aliphatic heterocycles. The molecule has 0 aliphatic carbocycles. The Hall–Kier alpha value is -4.18. The molecule has 0 saturated carbocycles. The molecule has 1 aliphatic rings. The maximum atomic E-state index is 13.5. The van der Waals surface area contributed by atoms with Gasteiger partial charge in [0, 0.05) is 14.1 Å². The van der Waals surface area contributed by atoms with Crippen LogP contribution in [-0.4, -0.2) is 31.7 Å². The second-order valence-corrected chi connectivity index (χ2v) is 10.3. The van der Waals surface area contributed by atoms with Crippen LogP contribution in [0.1, 0.15) is 46.8 Å². The van der Waals surface area contributed by atoms with Crippen molar-refractivity contribution in [1.29, 1.82) is 0 Å². The van der Waals surface area contributed by atoms with Gasteiger partial charge in [0.05, 0.1) is 11.4 Å². The van der Waals surface area contributed by atoms with Gasteiger partial charge in [0.1, 0.15) is 17.1 Å². The number of carbonyl (C=O) groups is 2. The summed E-state index contributed by atoms with van der Waals surface area (Å²) in [6.45, 7) is 6.17. The lowest BCUT2D eigenvalue weighted by molar-refractivity contribution is -0.113. The average Bonchev–Trinajstić information content (AvgIpc) is 3.20. The van der Waals surface area contributed by atoms with Gasteiger partial charge in [-0.3, -0.25) is 28.4 Å². The van der Waals surface area contributed by atoms with E-state index in [4.69, 9.17) is 5.73 Å². The van der Waals surface area contributed by atoms with Gasteiger partial charge in [-0.15, -0.1) is 0 Å². The third-order valence-electron chi connectivity index (χ3n) is 6.35. The number of benzene rings is 2. The second-order valence-electron chi connectivity index (χ2n) is 9.40. The van der Waals surface area contributed by atoms with Crippen molar-refractivity contribution in [2.24, 2.45) is 19.1 Å². The van der Waals surface area contributed by atoms with Crippen molar-refractivity contribution in [2.75, 3.05) is 16.4 Å². The van der Waals surface area contributed by atoms with Crippen LogP contribution in [0.15, 0.2) is 68.8 Å². The highest BCUT2D eigenvalue weighted by atomic mass is 32.2. The van der Waals surface area contributed by atoms with Crippen LogP contribution in [-0.2, 0) is 18.9 Å². The predicted molar refractivity (Wildman–Crippen MR) is 153 cm³/mol. The lowest BCUT2D eigenvalue weighted by Gasteiger charge is -2.18. The summed E-state index contributed by atoms with van der Waals surface area (Å²) in [4.78, 5) is 57.3. The number of aliphatic imine (C=N–C) groups is 1. The first-order valence-electron chi connectivity index (χ1n) is 12.0. The zero-order chi connectivity index (χ0) is 27.7. The molecule has 38 heavy (non-hydrogen) atoms. The summed E-state index contributed by atoms with van der Waals surface area (Å²) in [7, 11) is 2.68. The molecule has 1 amide bonds. The van der Waals surface area contributed by atoms with E-state index in [0.29, 0.717) is 16.8 Å². The largest absolute Gasteiger partial charge is 0.384 e. The van der Waals surface area contributed by atoms with E-state index in [1.54, 1.807) is 6.08 Å². The molecule has 2 N–H and O–H groups in total. The van der Waals surface area contributed by atoms with E-state index in [0.717, 1.165) is 32.0 Å². The van der Waals surface area contributed by atoms with Crippen LogP contribution in [0.25, 0.3) is 6.08 Å². The summed E-state index contributed by atoms with van der Waals surface area (Å²) in [6.07, 6.45) is 1.71. The number of amides is 1. The Kier molecular flexibility index (Phi) is 7.54. The topological polar surface area (TPSA) is 120 Å². The minimum absolute atomic E-state index is 0.200. The first kappa shape index (κ1) is 26.9. The average molecular weight is 532 g/mol. The van der Waals surface area contributed by atoms with Crippen LogP contribution < -0.4 is 21.9 Å². The van der Waals surface area contributed by atoms with Gasteiger partial charge in [0.2, 0.25) is 0 Å². The Morgan fingerprint density at radius 3 is 2.24 bits per heavy atom. The summed E-state index contributed by atoms with van der Waals surface area (Å²) in [6, 6.07) is 15.3. The van der Waals surface area contributed by atoms with E-state index in [-0.39, 0.29) is 28.7 Å². The number of amidine groups is 1. The Morgan fingerprint density at radius 1 is 1.00 bits per heavy atom. The van der Waals surface area contributed by atoms with Crippen molar-refractivity contribution in [3.63, 3.8) is 0 Å². The van der Waals surface area contributed by atoms with Crippen LogP contribution in [0.2, 0.25) is 0 Å². The molecular weight excluding hydrogens is 502 g/mol. The number of nitrogens with two attached hydrogens (primary N) is 1. The van der Waals surface area contributed by atoms with Gasteiger partial charge in [-0.1, -0.05) is 67.6 Å². The first-order chi connectivity index (χ1) is 18.0. The van der Waals surface area contributed by atoms with Gasteiger partial charge in [-0.2, -0.15) is 0 Å². The number of hydrogen-bond donors (Lipinski definition) is 1. The summed E-state index contributed by atoms with van der Waals surface area (Å²) in [5.74, 6) is -0.909. The maximum absolute atomic E-state index is 13.5. The predicted octanol–water partition coefficient (Wildman–Crippen LogP) is 3.46. The van der Waals surface area contributed by atoms with Gasteiger partial charge >= 0.3 is 5.69 Å². The first-order valence-corrected chi connectivity index (χ1v) is 13.0. The maximum Gasteiger partial charge on any atom is 0.332 e. The Balaban J connectivity index is 1.68. The molecule has 9 nitrogen and oxygen atoms in total. The van der Waals surface area contributed by atoms with Crippen LogP contribution in [0.3, 0.4) is 0 Å². The van der Waals surface area contributed by atoms with Gasteiger partial charge < -0.3 is 5.73 Å². The Labute approximate surface area is 224 Å². The third-order valence-corrected chi connectivity index (χ3v) is 7.29. The molecular formula is C28H29N5O4S. The molecule has 0 fully saturated rings. The lowest BCUT2D eigenvalue weighted by Crippen LogP contribution is -2.42. The molecule has 10 heteroatoms. The standard InChI is InChI=1S/C28H29N5O4S/c1-16(2)19-10-8-18(9-11-19)14-21-25(35)33(20-12-6-17(3)7-13-20)27(30-21)38-15-22(34)23-24(29)31(4)28(37)32(5)26(23)36/h6-14,16H,15,29H2,1-5H3/b21-14+. The van der Waals surface area contributed by atoms with E-state index in [9.17, 15) is 19.2 Å². The number of hydrogen-bond acceptors (Lipinski definition) is 7. The number of ketones is 1. The lowest BCUT2D eigenvalue weighted by atomic mass is 10.0. The molecule has 2 aromatic carbocycles. The molecule has 0 spiro atoms. The highest BCUT2D eigenvalue weighted by Crippen LogP contribution is 2.30. The van der Waals surface area contributed by atoms with E-state index < -0.39 is 17.0 Å². The fourth-order valence-corrected chi connectivity index (χ4v) is 4.86. The summed E-state index contributed by atoms with van der Waals surface area (Å²) < 4.78 is 1.90. The van der Waals surface area contributed by atoms with Gasteiger partial charge in [-0.05, 0) is 42.2 Å². The highest BCUT2D eigenvalue weighted by Gasteiger charge is 2.33. The Morgan fingerprint density at radius 2 is 1.63 bits per heavy atom. The van der Waals surface area contributed by atoms with E-state index >= 15 is 0 Å². The van der Waals surface area contributed by atoms with Crippen LogP contribution in [0, 0.1) is 6.92 Å². The SMILES string of the molecule is Cc1ccc(N2C(=O)/C(=C\c3ccc(C(C)C)cc3)N=C2SCC(=O)c2c(N)n(C)c(=O)n(C)c2=O)cc1. The molecule has 1 aromatic heterocycles. The number of aryl methyl sites for hydroxylation is 1. The van der Waals surface area contributed by atoms with Crippen LogP contribution >= 0.6 is 11.8 Å².